The lowest BCUT2D eigenvalue weighted by molar-refractivity contribution is -0.159. The van der Waals surface area contributed by atoms with E-state index in [4.69, 9.17) is 18.9 Å². The molecule has 0 saturated carbocycles. The summed E-state index contributed by atoms with van der Waals surface area (Å²) in [4.78, 5) is 36.8. The summed E-state index contributed by atoms with van der Waals surface area (Å²) in [6.07, 6.45) is 0. The zero-order valence-electron chi connectivity index (χ0n) is 13.6. The van der Waals surface area contributed by atoms with Crippen molar-refractivity contribution in [3.63, 3.8) is 0 Å². The summed E-state index contributed by atoms with van der Waals surface area (Å²) < 4.78 is 19.8. The van der Waals surface area contributed by atoms with E-state index < -0.39 is 23.8 Å². The average molecular weight is 334 g/mol. The number of rotatable bonds is 6. The molecule has 0 amide bonds. The molecule has 0 bridgehead atoms. The minimum absolute atomic E-state index is 0.00772. The maximum atomic E-state index is 12.3. The lowest BCUT2D eigenvalue weighted by atomic mass is 9.79. The van der Waals surface area contributed by atoms with Crippen LogP contribution in [-0.4, -0.2) is 45.7 Å². The van der Waals surface area contributed by atoms with Crippen LogP contribution >= 0.6 is 0 Å². The van der Waals surface area contributed by atoms with E-state index in [2.05, 4.69) is 0 Å². The molecule has 1 aromatic rings. The number of Topliss-reactive ketones (excluding diaryl/α,β-unsaturated/α-hetero) is 1. The van der Waals surface area contributed by atoms with Crippen LogP contribution in [-0.2, 0) is 33.3 Å². The molecule has 1 aromatic carbocycles. The number of methoxy groups -OCH3 is 3. The van der Waals surface area contributed by atoms with Crippen LogP contribution in [0.1, 0.15) is 11.5 Å². The fourth-order valence-electron chi connectivity index (χ4n) is 2.68. The Morgan fingerprint density at radius 2 is 1.62 bits per heavy atom. The van der Waals surface area contributed by atoms with Crippen LogP contribution in [0.25, 0.3) is 0 Å². The SMILES string of the molecule is COC(=O)C(C(=O)OC)C(C1=C(OC)OCC1=O)c1ccccc1. The molecular weight excluding hydrogens is 316 g/mol. The second kappa shape index (κ2) is 7.63. The molecule has 24 heavy (non-hydrogen) atoms. The second-order valence-corrected chi connectivity index (χ2v) is 5.03. The molecule has 1 atom stereocenters. The van der Waals surface area contributed by atoms with Gasteiger partial charge in [0.2, 0.25) is 5.78 Å². The summed E-state index contributed by atoms with van der Waals surface area (Å²) in [5.74, 6) is -4.27. The van der Waals surface area contributed by atoms with Gasteiger partial charge < -0.3 is 18.9 Å². The predicted octanol–water partition coefficient (Wildman–Crippen LogP) is 1.19. The number of carbonyl (C=O) groups is 3. The van der Waals surface area contributed by atoms with E-state index in [1.165, 1.54) is 21.3 Å². The first kappa shape index (κ1) is 17.5. The van der Waals surface area contributed by atoms with Gasteiger partial charge in [0.15, 0.2) is 12.5 Å². The maximum absolute atomic E-state index is 12.3. The first-order chi connectivity index (χ1) is 11.5. The molecule has 1 unspecified atom stereocenters. The van der Waals surface area contributed by atoms with E-state index in [-0.39, 0.29) is 23.9 Å². The number of esters is 2. The topological polar surface area (TPSA) is 88.1 Å². The van der Waals surface area contributed by atoms with Gasteiger partial charge in [-0.05, 0) is 5.56 Å². The van der Waals surface area contributed by atoms with Crippen LogP contribution < -0.4 is 0 Å². The summed E-state index contributed by atoms with van der Waals surface area (Å²) in [6, 6.07) is 8.66. The lowest BCUT2D eigenvalue weighted by Crippen LogP contribution is -2.34. The van der Waals surface area contributed by atoms with Crippen molar-refractivity contribution in [2.45, 2.75) is 5.92 Å². The predicted molar refractivity (Wildman–Crippen MR) is 81.7 cm³/mol. The van der Waals surface area contributed by atoms with E-state index in [0.717, 1.165) is 0 Å². The molecule has 1 aliphatic rings. The van der Waals surface area contributed by atoms with E-state index in [9.17, 15) is 14.4 Å². The summed E-state index contributed by atoms with van der Waals surface area (Å²) in [5, 5.41) is 0. The fourth-order valence-corrected chi connectivity index (χ4v) is 2.68. The van der Waals surface area contributed by atoms with Gasteiger partial charge in [0.25, 0.3) is 5.95 Å². The van der Waals surface area contributed by atoms with E-state index >= 15 is 0 Å². The molecule has 0 aliphatic carbocycles. The van der Waals surface area contributed by atoms with Crippen molar-refractivity contribution >= 4 is 17.7 Å². The van der Waals surface area contributed by atoms with Crippen molar-refractivity contribution in [2.75, 3.05) is 27.9 Å². The van der Waals surface area contributed by atoms with Crippen molar-refractivity contribution < 1.29 is 33.3 Å². The zero-order chi connectivity index (χ0) is 17.7. The average Bonchev–Trinajstić information content (AvgIpc) is 2.99. The van der Waals surface area contributed by atoms with Gasteiger partial charge in [-0.15, -0.1) is 0 Å². The van der Waals surface area contributed by atoms with Gasteiger partial charge in [0.05, 0.1) is 26.9 Å². The molecule has 0 radical (unpaired) electrons. The maximum Gasteiger partial charge on any atom is 0.321 e. The number of hydrogen-bond acceptors (Lipinski definition) is 7. The van der Waals surface area contributed by atoms with Crippen molar-refractivity contribution in [1.29, 1.82) is 0 Å². The van der Waals surface area contributed by atoms with Crippen LogP contribution in [0.4, 0.5) is 0 Å². The Hall–Kier alpha value is -2.83. The molecule has 0 spiro atoms. The summed E-state index contributed by atoms with van der Waals surface area (Å²) in [6.45, 7) is -0.211. The van der Waals surface area contributed by atoms with E-state index in [0.29, 0.717) is 5.56 Å². The van der Waals surface area contributed by atoms with Crippen molar-refractivity contribution in [3.8, 4) is 0 Å². The third-order valence-corrected chi connectivity index (χ3v) is 3.75. The highest BCUT2D eigenvalue weighted by atomic mass is 16.7. The number of carbonyl (C=O) groups excluding carboxylic acids is 3. The molecule has 7 nitrogen and oxygen atoms in total. The third kappa shape index (κ3) is 3.24. The summed E-state index contributed by atoms with van der Waals surface area (Å²) in [5.41, 5.74) is 0.686. The summed E-state index contributed by atoms with van der Waals surface area (Å²) >= 11 is 0. The molecule has 0 N–H and O–H groups in total. The van der Waals surface area contributed by atoms with Crippen molar-refractivity contribution in [3.05, 3.63) is 47.4 Å². The molecule has 128 valence electrons. The summed E-state index contributed by atoms with van der Waals surface area (Å²) in [7, 11) is 3.68. The number of ether oxygens (including phenoxy) is 4. The fraction of sp³-hybridized carbons (Fsp3) is 0.353. The van der Waals surface area contributed by atoms with Crippen LogP contribution in [0.2, 0.25) is 0 Å². The van der Waals surface area contributed by atoms with Crippen LogP contribution in [0, 0.1) is 5.92 Å². The highest BCUT2D eigenvalue weighted by Crippen LogP contribution is 2.38. The third-order valence-electron chi connectivity index (χ3n) is 3.75. The molecule has 2 rings (SSSR count). The van der Waals surface area contributed by atoms with Crippen LogP contribution in [0.5, 0.6) is 0 Å². The van der Waals surface area contributed by atoms with Gasteiger partial charge in [-0.2, -0.15) is 0 Å². The quantitative estimate of drug-likeness (QED) is 0.570. The smallest absolute Gasteiger partial charge is 0.321 e. The Morgan fingerprint density at radius 1 is 1.04 bits per heavy atom. The number of ketones is 1. The van der Waals surface area contributed by atoms with Crippen LogP contribution in [0.15, 0.2) is 41.9 Å². The molecule has 1 aliphatic heterocycles. The Labute approximate surface area is 139 Å². The number of hydrogen-bond donors (Lipinski definition) is 0. The van der Waals surface area contributed by atoms with Gasteiger partial charge in [0, 0.05) is 5.92 Å². The largest absolute Gasteiger partial charge is 0.468 e. The highest BCUT2D eigenvalue weighted by Gasteiger charge is 2.45. The molecule has 1 heterocycles. The highest BCUT2D eigenvalue weighted by molar-refractivity contribution is 6.04. The Balaban J connectivity index is 2.64. The Kier molecular flexibility index (Phi) is 5.57. The van der Waals surface area contributed by atoms with E-state index in [1.54, 1.807) is 30.3 Å². The molecule has 0 fully saturated rings. The minimum Gasteiger partial charge on any atom is -0.468 e. The Morgan fingerprint density at radius 3 is 2.12 bits per heavy atom. The second-order valence-electron chi connectivity index (χ2n) is 5.03. The molecular formula is C17H18O7. The van der Waals surface area contributed by atoms with Crippen molar-refractivity contribution in [1.82, 2.24) is 0 Å². The first-order valence-corrected chi connectivity index (χ1v) is 7.19. The molecule has 0 saturated heterocycles. The first-order valence-electron chi connectivity index (χ1n) is 7.19. The van der Waals surface area contributed by atoms with Gasteiger partial charge >= 0.3 is 11.9 Å². The molecule has 7 heteroatoms. The normalized spacial score (nSPS) is 15.1. The van der Waals surface area contributed by atoms with Gasteiger partial charge in [-0.25, -0.2) is 0 Å². The van der Waals surface area contributed by atoms with Crippen LogP contribution in [0.3, 0.4) is 0 Å². The van der Waals surface area contributed by atoms with Gasteiger partial charge in [-0.1, -0.05) is 30.3 Å². The monoisotopic (exact) mass is 334 g/mol. The minimum atomic E-state index is -1.35. The molecule has 0 aromatic heterocycles. The zero-order valence-corrected chi connectivity index (χ0v) is 13.6. The lowest BCUT2D eigenvalue weighted by Gasteiger charge is -2.24. The van der Waals surface area contributed by atoms with E-state index in [1.807, 2.05) is 0 Å². The van der Waals surface area contributed by atoms with Gasteiger partial charge in [0.1, 0.15) is 0 Å². The number of benzene rings is 1. The van der Waals surface area contributed by atoms with Gasteiger partial charge in [-0.3, -0.25) is 14.4 Å². The standard InChI is InChI=1S/C17H18O7/c1-21-15(19)14(16(20)22-2)12(10-7-5-4-6-8-10)13-11(18)9-24-17(13)23-3/h4-8,12,14H,9H2,1-3H3. The van der Waals surface area contributed by atoms with Crippen molar-refractivity contribution in [2.24, 2.45) is 5.92 Å². The Bertz CT molecular complexity index is 647.